The molecule has 1 amide bonds. The highest BCUT2D eigenvalue weighted by atomic mass is 32.1. The molecule has 3 rings (SSSR count). The predicted molar refractivity (Wildman–Crippen MR) is 106 cm³/mol. The zero-order valence-corrected chi connectivity index (χ0v) is 15.6. The van der Waals surface area contributed by atoms with Gasteiger partial charge in [-0.15, -0.1) is 11.3 Å². The van der Waals surface area contributed by atoms with Gasteiger partial charge in [-0.3, -0.25) is 9.32 Å². The molecule has 0 atom stereocenters. The molecule has 7 heteroatoms. The first-order valence-electron chi connectivity index (χ1n) is 7.95. The number of rotatable bonds is 7. The Labute approximate surface area is 157 Å². The van der Waals surface area contributed by atoms with Gasteiger partial charge in [0.1, 0.15) is 0 Å². The lowest BCUT2D eigenvalue weighted by molar-refractivity contribution is 0.102. The minimum atomic E-state index is -0.321. The van der Waals surface area contributed by atoms with Gasteiger partial charge in [0.05, 0.1) is 18.0 Å². The molecular weight excluding hydrogens is 367 g/mol. The molecule has 3 aromatic rings. The fraction of sp³-hybridized carbons (Fsp3) is 0.105. The Morgan fingerprint density at radius 2 is 1.96 bits per heavy atom. The first-order chi connectivity index (χ1) is 12.7. The number of thiophene rings is 1. The standard InChI is InChI=1S/C19H17N2O3PS/c20-16-8-7-15(18-2-1-11-26-18)12-17(16)21-19(22)14-5-3-13(4-6-14)9-10-24-25-23/h1-8,11-12H,9-10,20H2,(H,21,22). The second kappa shape index (κ2) is 8.72. The van der Waals surface area contributed by atoms with Gasteiger partial charge in [0.25, 0.3) is 5.91 Å². The summed E-state index contributed by atoms with van der Waals surface area (Å²) in [6.45, 7) is 0.364. The number of carbonyl (C=O) groups is 1. The largest absolute Gasteiger partial charge is 0.397 e. The third-order valence-electron chi connectivity index (χ3n) is 3.86. The van der Waals surface area contributed by atoms with E-state index >= 15 is 0 Å². The lowest BCUT2D eigenvalue weighted by atomic mass is 10.1. The van der Waals surface area contributed by atoms with Gasteiger partial charge in [-0.05, 0) is 53.3 Å². The van der Waals surface area contributed by atoms with Gasteiger partial charge in [-0.1, -0.05) is 24.3 Å². The van der Waals surface area contributed by atoms with Crippen LogP contribution in [0.3, 0.4) is 0 Å². The van der Waals surface area contributed by atoms with Crippen molar-refractivity contribution in [2.24, 2.45) is 0 Å². The van der Waals surface area contributed by atoms with Gasteiger partial charge in [0.15, 0.2) is 0 Å². The molecule has 1 aromatic heterocycles. The summed E-state index contributed by atoms with van der Waals surface area (Å²) in [5.41, 5.74) is 9.67. The summed E-state index contributed by atoms with van der Waals surface area (Å²) in [6.07, 6.45) is 0.632. The third kappa shape index (κ3) is 4.55. The lowest BCUT2D eigenvalue weighted by Crippen LogP contribution is -2.13. The molecule has 0 aliphatic heterocycles. The van der Waals surface area contributed by atoms with Crippen LogP contribution in [0.15, 0.2) is 60.0 Å². The van der Waals surface area contributed by atoms with E-state index in [1.54, 1.807) is 29.5 Å². The molecule has 5 nitrogen and oxygen atoms in total. The van der Waals surface area contributed by atoms with E-state index < -0.39 is 0 Å². The Bertz CT molecular complexity index is 896. The van der Waals surface area contributed by atoms with Crippen LogP contribution in [-0.4, -0.2) is 12.5 Å². The Morgan fingerprint density at radius 1 is 1.15 bits per heavy atom. The number of nitrogens with two attached hydrogens (primary N) is 1. The van der Waals surface area contributed by atoms with Crippen molar-refractivity contribution < 1.29 is 13.9 Å². The average Bonchev–Trinajstić information content (AvgIpc) is 3.19. The topological polar surface area (TPSA) is 81.4 Å². The second-order valence-electron chi connectivity index (χ2n) is 5.59. The summed E-state index contributed by atoms with van der Waals surface area (Å²) < 4.78 is 15.0. The molecule has 0 radical (unpaired) electrons. The molecular formula is C19H17N2O3PS. The SMILES string of the molecule is Nc1ccc(-c2cccs2)cc1NC(=O)c1ccc(CCOP=O)cc1. The smallest absolute Gasteiger partial charge is 0.327 e. The predicted octanol–water partition coefficient (Wildman–Crippen LogP) is 5.02. The Balaban J connectivity index is 1.71. The highest BCUT2D eigenvalue weighted by Crippen LogP contribution is 2.30. The van der Waals surface area contributed by atoms with Crippen molar-refractivity contribution in [1.82, 2.24) is 0 Å². The summed E-state index contributed by atoms with van der Waals surface area (Å²) in [4.78, 5) is 13.6. The fourth-order valence-electron chi connectivity index (χ4n) is 2.48. The zero-order valence-electron chi connectivity index (χ0n) is 13.8. The minimum Gasteiger partial charge on any atom is -0.397 e. The van der Waals surface area contributed by atoms with Gasteiger partial charge >= 0.3 is 8.69 Å². The van der Waals surface area contributed by atoms with E-state index in [-0.39, 0.29) is 14.6 Å². The summed E-state index contributed by atoms with van der Waals surface area (Å²) in [5, 5.41) is 4.88. The maximum Gasteiger partial charge on any atom is 0.327 e. The molecule has 0 saturated heterocycles. The zero-order chi connectivity index (χ0) is 18.4. The van der Waals surface area contributed by atoms with Gasteiger partial charge in [-0.2, -0.15) is 0 Å². The van der Waals surface area contributed by atoms with Crippen molar-refractivity contribution in [3.63, 3.8) is 0 Å². The number of benzene rings is 2. The van der Waals surface area contributed by atoms with Crippen LogP contribution in [0.4, 0.5) is 11.4 Å². The maximum atomic E-state index is 12.5. The van der Waals surface area contributed by atoms with E-state index in [4.69, 9.17) is 10.3 Å². The van der Waals surface area contributed by atoms with Crippen molar-refractivity contribution in [1.29, 1.82) is 0 Å². The number of amides is 1. The molecule has 0 aliphatic rings. The Hall–Kier alpha value is -2.53. The van der Waals surface area contributed by atoms with Gasteiger partial charge < -0.3 is 11.1 Å². The lowest BCUT2D eigenvalue weighted by Gasteiger charge is -2.10. The highest BCUT2D eigenvalue weighted by molar-refractivity contribution is 7.17. The quantitative estimate of drug-likeness (QED) is 0.341. The summed E-state index contributed by atoms with van der Waals surface area (Å²) in [7, 11) is -0.321. The van der Waals surface area contributed by atoms with E-state index in [0.29, 0.717) is 30.0 Å². The first-order valence-corrected chi connectivity index (χ1v) is 9.56. The minimum absolute atomic E-state index is 0.221. The number of hydrogen-bond donors (Lipinski definition) is 2. The number of nitrogens with one attached hydrogen (secondary N) is 1. The van der Waals surface area contributed by atoms with Crippen molar-refractivity contribution in [3.05, 3.63) is 71.1 Å². The van der Waals surface area contributed by atoms with Crippen LogP contribution in [0.25, 0.3) is 10.4 Å². The molecule has 2 aromatic carbocycles. The molecule has 1 heterocycles. The van der Waals surface area contributed by atoms with Gasteiger partial charge in [0, 0.05) is 10.4 Å². The Kier molecular flexibility index (Phi) is 6.12. The van der Waals surface area contributed by atoms with E-state index in [1.807, 2.05) is 41.8 Å². The van der Waals surface area contributed by atoms with Crippen LogP contribution >= 0.6 is 20.0 Å². The summed E-state index contributed by atoms with van der Waals surface area (Å²) in [5.74, 6) is -0.221. The molecule has 0 saturated carbocycles. The second-order valence-corrected chi connectivity index (χ2v) is 6.94. The van der Waals surface area contributed by atoms with E-state index in [0.717, 1.165) is 16.0 Å². The Morgan fingerprint density at radius 3 is 2.65 bits per heavy atom. The summed E-state index contributed by atoms with van der Waals surface area (Å²) >= 11 is 1.63. The fourth-order valence-corrected chi connectivity index (χ4v) is 3.37. The monoisotopic (exact) mass is 384 g/mol. The van der Waals surface area contributed by atoms with Crippen molar-refractivity contribution in [3.8, 4) is 10.4 Å². The van der Waals surface area contributed by atoms with Crippen LogP contribution in [0.5, 0.6) is 0 Å². The molecule has 0 unspecified atom stereocenters. The van der Waals surface area contributed by atoms with Crippen molar-refractivity contribution in [2.75, 3.05) is 17.7 Å². The molecule has 3 N–H and O–H groups in total. The number of anilines is 2. The molecule has 0 bridgehead atoms. The molecule has 132 valence electrons. The third-order valence-corrected chi connectivity index (χ3v) is 5.06. The van der Waals surface area contributed by atoms with E-state index in [9.17, 15) is 9.36 Å². The van der Waals surface area contributed by atoms with Gasteiger partial charge in [-0.25, -0.2) is 4.57 Å². The summed E-state index contributed by atoms with van der Waals surface area (Å²) in [6, 6.07) is 16.8. The number of hydrogen-bond acceptors (Lipinski definition) is 5. The first kappa shape index (κ1) is 18.3. The maximum absolute atomic E-state index is 12.5. The van der Waals surface area contributed by atoms with Crippen LogP contribution < -0.4 is 11.1 Å². The highest BCUT2D eigenvalue weighted by Gasteiger charge is 2.10. The number of carbonyl (C=O) groups excluding carboxylic acids is 1. The van der Waals surface area contributed by atoms with Crippen LogP contribution in [-0.2, 0) is 15.5 Å². The average molecular weight is 384 g/mol. The number of nitrogen functional groups attached to an aromatic ring is 1. The van der Waals surface area contributed by atoms with Crippen LogP contribution in [0.2, 0.25) is 0 Å². The van der Waals surface area contributed by atoms with Gasteiger partial charge in [0.2, 0.25) is 0 Å². The molecule has 26 heavy (non-hydrogen) atoms. The molecule has 0 spiro atoms. The molecule has 0 fully saturated rings. The van der Waals surface area contributed by atoms with E-state index in [2.05, 4.69) is 5.32 Å². The normalized spacial score (nSPS) is 10.8. The molecule has 0 aliphatic carbocycles. The van der Waals surface area contributed by atoms with Crippen LogP contribution in [0.1, 0.15) is 15.9 Å². The van der Waals surface area contributed by atoms with Crippen LogP contribution in [0, 0.1) is 0 Å². The van der Waals surface area contributed by atoms with Crippen molar-refractivity contribution >= 4 is 37.3 Å². The van der Waals surface area contributed by atoms with E-state index in [1.165, 1.54) is 0 Å². The van der Waals surface area contributed by atoms with Crippen molar-refractivity contribution in [2.45, 2.75) is 6.42 Å².